The van der Waals surface area contributed by atoms with Crippen LogP contribution < -0.4 is 0 Å². The molecule has 28 heavy (non-hydrogen) atoms. The third kappa shape index (κ3) is 3.42. The number of carboxylic acid groups (broad SMARTS) is 1. The van der Waals surface area contributed by atoms with Crippen LogP contribution in [0.5, 0.6) is 0 Å². The fourth-order valence-corrected chi connectivity index (χ4v) is 4.07. The Labute approximate surface area is 167 Å². The molecule has 3 heteroatoms. The molecule has 0 unspecified atom stereocenters. The first-order valence-corrected chi connectivity index (χ1v) is 9.64. The van der Waals surface area contributed by atoms with Crippen LogP contribution >= 0.6 is 0 Å². The molecule has 1 aliphatic rings. The topological polar surface area (TPSA) is 54.4 Å². The quantitative estimate of drug-likeness (QED) is 0.699. The maximum absolute atomic E-state index is 12.7. The van der Waals surface area contributed by atoms with Gasteiger partial charge in [-0.3, -0.25) is 4.79 Å². The fourth-order valence-electron chi connectivity index (χ4n) is 4.07. The van der Waals surface area contributed by atoms with E-state index in [0.717, 1.165) is 27.8 Å². The number of Topliss-reactive ketones (excluding diaryl/α,β-unsaturated/α-hetero) is 1. The number of ketones is 1. The number of benzene rings is 2. The first kappa shape index (κ1) is 20.1. The molecule has 0 atom stereocenters. The summed E-state index contributed by atoms with van der Waals surface area (Å²) >= 11 is 0. The molecular formula is C25H28O3. The molecule has 146 valence electrons. The summed E-state index contributed by atoms with van der Waals surface area (Å²) in [5.74, 6) is -0.611. The van der Waals surface area contributed by atoms with E-state index in [2.05, 4.69) is 39.0 Å². The van der Waals surface area contributed by atoms with Gasteiger partial charge in [-0.05, 0) is 72.6 Å². The Balaban J connectivity index is 2.03. The number of aromatic carboxylic acids is 1. The van der Waals surface area contributed by atoms with Crippen LogP contribution in [0.2, 0.25) is 0 Å². The van der Waals surface area contributed by atoms with Crippen LogP contribution in [0.1, 0.15) is 77.9 Å². The highest BCUT2D eigenvalue weighted by molar-refractivity contribution is 5.93. The lowest BCUT2D eigenvalue weighted by Crippen LogP contribution is -2.42. The predicted octanol–water partition coefficient (Wildman–Crippen LogP) is 5.70. The summed E-state index contributed by atoms with van der Waals surface area (Å²) in [5, 5.41) is 9.18. The maximum Gasteiger partial charge on any atom is 0.335 e. The van der Waals surface area contributed by atoms with Crippen molar-refractivity contribution < 1.29 is 14.7 Å². The molecule has 3 rings (SSSR count). The maximum atomic E-state index is 12.7. The molecule has 1 N–H and O–H groups in total. The fraction of sp³-hybridized carbons (Fsp3) is 0.360. The number of carbonyl (C=O) groups is 2. The Kier molecular flexibility index (Phi) is 4.82. The van der Waals surface area contributed by atoms with Crippen molar-refractivity contribution in [3.63, 3.8) is 0 Å². The molecule has 2 aromatic carbocycles. The van der Waals surface area contributed by atoms with Gasteiger partial charge in [-0.2, -0.15) is 0 Å². The van der Waals surface area contributed by atoms with Crippen LogP contribution in [0.4, 0.5) is 0 Å². The molecule has 0 heterocycles. The minimum absolute atomic E-state index is 0.183. The molecule has 0 radical (unpaired) electrons. The monoisotopic (exact) mass is 376 g/mol. The highest BCUT2D eigenvalue weighted by atomic mass is 16.4. The van der Waals surface area contributed by atoms with E-state index in [-0.39, 0.29) is 5.41 Å². The van der Waals surface area contributed by atoms with E-state index in [1.807, 2.05) is 39.0 Å². The van der Waals surface area contributed by atoms with E-state index in [9.17, 15) is 14.7 Å². The first-order valence-electron chi connectivity index (χ1n) is 9.64. The van der Waals surface area contributed by atoms with Crippen molar-refractivity contribution in [2.24, 2.45) is 0 Å². The second-order valence-electron chi connectivity index (χ2n) is 9.08. The summed E-state index contributed by atoms with van der Waals surface area (Å²) in [5.41, 5.74) is 6.03. The zero-order valence-corrected chi connectivity index (χ0v) is 17.5. The molecule has 0 saturated carbocycles. The number of carbonyl (C=O) groups excluding carboxylic acids is 1. The SMILES string of the molecule is Cc1cc2c(cc1/C=C/c1ccc(C(=O)O)c(C)c1)C(C)(C)CC(=O)C2(C)C. The lowest BCUT2D eigenvalue weighted by molar-refractivity contribution is -0.125. The van der Waals surface area contributed by atoms with Gasteiger partial charge in [0, 0.05) is 11.8 Å². The van der Waals surface area contributed by atoms with Gasteiger partial charge in [-0.1, -0.05) is 50.3 Å². The number of fused-ring (bicyclic) bond motifs is 1. The highest BCUT2D eigenvalue weighted by Crippen LogP contribution is 2.44. The summed E-state index contributed by atoms with van der Waals surface area (Å²) < 4.78 is 0. The third-order valence-electron chi connectivity index (χ3n) is 6.04. The van der Waals surface area contributed by atoms with Crippen LogP contribution in [0.25, 0.3) is 12.2 Å². The van der Waals surface area contributed by atoms with Gasteiger partial charge in [0.2, 0.25) is 0 Å². The number of rotatable bonds is 3. The van der Waals surface area contributed by atoms with Gasteiger partial charge < -0.3 is 5.11 Å². The Morgan fingerprint density at radius 1 is 0.964 bits per heavy atom. The lowest BCUT2D eigenvalue weighted by atomic mass is 9.62. The number of hydrogen-bond donors (Lipinski definition) is 1. The molecule has 3 nitrogen and oxygen atoms in total. The number of hydrogen-bond acceptors (Lipinski definition) is 2. The summed E-state index contributed by atoms with van der Waals surface area (Å²) in [7, 11) is 0. The van der Waals surface area contributed by atoms with Crippen LogP contribution in [-0.4, -0.2) is 16.9 Å². The Bertz CT molecular complexity index is 1010. The van der Waals surface area contributed by atoms with E-state index >= 15 is 0 Å². The Hall–Kier alpha value is -2.68. The average Bonchev–Trinajstić information content (AvgIpc) is 2.58. The van der Waals surface area contributed by atoms with E-state index < -0.39 is 11.4 Å². The molecule has 0 bridgehead atoms. The standard InChI is InChI=1S/C25H28O3/c1-15-12-21-20(24(3,4)14-22(26)25(21,5)6)13-18(15)9-7-17-8-10-19(23(27)28)16(2)11-17/h7-13H,14H2,1-6H3,(H,27,28)/b9-7+. The number of carboxylic acids is 1. The van der Waals surface area contributed by atoms with Gasteiger partial charge >= 0.3 is 5.97 Å². The van der Waals surface area contributed by atoms with Crippen molar-refractivity contribution in [1.82, 2.24) is 0 Å². The lowest BCUT2D eigenvalue weighted by Gasteiger charge is -2.41. The summed E-state index contributed by atoms with van der Waals surface area (Å²) in [6, 6.07) is 9.74. The van der Waals surface area contributed by atoms with Crippen molar-refractivity contribution in [3.05, 3.63) is 69.3 Å². The molecule has 0 spiro atoms. The van der Waals surface area contributed by atoms with Gasteiger partial charge in [0.05, 0.1) is 5.56 Å². The normalized spacial score (nSPS) is 17.6. The molecule has 0 fully saturated rings. The molecule has 0 saturated heterocycles. The summed E-state index contributed by atoms with van der Waals surface area (Å²) in [4.78, 5) is 23.8. The molecule has 0 aromatic heterocycles. The van der Waals surface area contributed by atoms with Crippen molar-refractivity contribution in [2.75, 3.05) is 0 Å². The summed E-state index contributed by atoms with van der Waals surface area (Å²) in [6.45, 7) is 12.2. The van der Waals surface area contributed by atoms with Crippen molar-refractivity contribution >= 4 is 23.9 Å². The van der Waals surface area contributed by atoms with Crippen LogP contribution in [0, 0.1) is 13.8 Å². The zero-order valence-electron chi connectivity index (χ0n) is 17.5. The van der Waals surface area contributed by atoms with Crippen LogP contribution in [0.3, 0.4) is 0 Å². The predicted molar refractivity (Wildman–Crippen MR) is 114 cm³/mol. The first-order chi connectivity index (χ1) is 12.9. The minimum Gasteiger partial charge on any atom is -0.478 e. The van der Waals surface area contributed by atoms with Crippen LogP contribution in [0.15, 0.2) is 30.3 Å². The second kappa shape index (κ2) is 6.73. The molecule has 0 amide bonds. The van der Waals surface area contributed by atoms with Gasteiger partial charge in [0.15, 0.2) is 0 Å². The second-order valence-corrected chi connectivity index (χ2v) is 9.08. The Morgan fingerprint density at radius 2 is 1.64 bits per heavy atom. The van der Waals surface area contributed by atoms with Gasteiger partial charge in [0.1, 0.15) is 5.78 Å². The van der Waals surface area contributed by atoms with E-state index in [1.54, 1.807) is 6.07 Å². The molecular weight excluding hydrogens is 348 g/mol. The average molecular weight is 376 g/mol. The van der Waals surface area contributed by atoms with Gasteiger partial charge in [0.25, 0.3) is 0 Å². The minimum atomic E-state index is -0.905. The van der Waals surface area contributed by atoms with Crippen molar-refractivity contribution in [1.29, 1.82) is 0 Å². The summed E-state index contributed by atoms with van der Waals surface area (Å²) in [6.07, 6.45) is 4.64. The smallest absolute Gasteiger partial charge is 0.335 e. The van der Waals surface area contributed by atoms with E-state index in [1.165, 1.54) is 5.56 Å². The zero-order chi connectivity index (χ0) is 20.9. The van der Waals surface area contributed by atoms with Crippen molar-refractivity contribution in [3.8, 4) is 0 Å². The molecule has 1 aliphatic carbocycles. The van der Waals surface area contributed by atoms with E-state index in [4.69, 9.17) is 0 Å². The van der Waals surface area contributed by atoms with E-state index in [0.29, 0.717) is 17.8 Å². The molecule has 2 aromatic rings. The highest BCUT2D eigenvalue weighted by Gasteiger charge is 2.43. The van der Waals surface area contributed by atoms with Crippen molar-refractivity contribution in [2.45, 2.75) is 58.8 Å². The Morgan fingerprint density at radius 3 is 2.25 bits per heavy atom. The van der Waals surface area contributed by atoms with Gasteiger partial charge in [-0.15, -0.1) is 0 Å². The number of aryl methyl sites for hydroxylation is 2. The third-order valence-corrected chi connectivity index (χ3v) is 6.04. The largest absolute Gasteiger partial charge is 0.478 e. The van der Waals surface area contributed by atoms with Gasteiger partial charge in [-0.25, -0.2) is 4.79 Å². The molecule has 0 aliphatic heterocycles. The van der Waals surface area contributed by atoms with Crippen LogP contribution in [-0.2, 0) is 15.6 Å².